The first-order valence-corrected chi connectivity index (χ1v) is 24.2. The molecule has 0 spiro atoms. The standard InChI is InChI=1S/C47H83O8P/c1-3-5-7-9-11-13-15-17-19-20-21-22-23-24-25-26-28-30-32-34-36-38-40-42-47(49)55-45(44-54-56(50,51)52)43-53-46(48)41-39-37-35-33-31-29-27-18-16-14-12-10-8-6-4-2/h6,8,10,12,14,16,18,27,34,36,45H,3-5,7,9,11,13,15,17,19-26,28-33,35,37-44H2,1-2H3,(H2,50,51,52)/b8-6+,12-10+,16-14+,27-18+,36-34+/t45-/m1/s1. The molecule has 0 aromatic heterocycles. The van der Waals surface area contributed by atoms with E-state index in [2.05, 4.69) is 48.8 Å². The van der Waals surface area contributed by atoms with E-state index in [1.807, 2.05) is 30.4 Å². The predicted octanol–water partition coefficient (Wildman–Crippen LogP) is 14.1. The van der Waals surface area contributed by atoms with E-state index in [4.69, 9.17) is 19.3 Å². The minimum Gasteiger partial charge on any atom is -0.462 e. The summed E-state index contributed by atoms with van der Waals surface area (Å²) in [5.74, 6) is -0.948. The molecule has 0 radical (unpaired) electrons. The summed E-state index contributed by atoms with van der Waals surface area (Å²) < 4.78 is 26.4. The van der Waals surface area contributed by atoms with Crippen LogP contribution in [-0.4, -0.2) is 41.0 Å². The van der Waals surface area contributed by atoms with E-state index in [1.165, 1.54) is 116 Å². The Kier molecular flexibility index (Phi) is 40.7. The molecule has 0 aromatic carbocycles. The van der Waals surface area contributed by atoms with Gasteiger partial charge in [-0.25, -0.2) is 4.57 Å². The van der Waals surface area contributed by atoms with Gasteiger partial charge in [0.05, 0.1) is 6.61 Å². The number of carbonyl (C=O) groups excluding carboxylic acids is 2. The van der Waals surface area contributed by atoms with Crippen LogP contribution in [0.5, 0.6) is 0 Å². The molecule has 0 aliphatic rings. The minimum atomic E-state index is -4.77. The van der Waals surface area contributed by atoms with E-state index in [9.17, 15) is 14.2 Å². The summed E-state index contributed by atoms with van der Waals surface area (Å²) in [4.78, 5) is 42.9. The van der Waals surface area contributed by atoms with Gasteiger partial charge in [0.25, 0.3) is 0 Å². The Morgan fingerprint density at radius 3 is 1.39 bits per heavy atom. The zero-order valence-corrected chi connectivity index (χ0v) is 36.7. The van der Waals surface area contributed by atoms with E-state index < -0.39 is 32.5 Å². The molecule has 0 unspecified atom stereocenters. The van der Waals surface area contributed by atoms with E-state index in [0.717, 1.165) is 51.4 Å². The molecule has 0 heterocycles. The maximum Gasteiger partial charge on any atom is 0.469 e. The van der Waals surface area contributed by atoms with Gasteiger partial charge < -0.3 is 19.3 Å². The van der Waals surface area contributed by atoms with Crippen LogP contribution in [0.2, 0.25) is 0 Å². The third-order valence-electron chi connectivity index (χ3n) is 9.61. The molecule has 0 aliphatic heterocycles. The normalized spacial score (nSPS) is 13.0. The molecule has 324 valence electrons. The number of phosphoric acid groups is 1. The van der Waals surface area contributed by atoms with Gasteiger partial charge in [-0.3, -0.25) is 14.1 Å². The highest BCUT2D eigenvalue weighted by atomic mass is 31.2. The van der Waals surface area contributed by atoms with Crippen LogP contribution in [0.15, 0.2) is 60.8 Å². The summed E-state index contributed by atoms with van der Waals surface area (Å²) in [7, 11) is -4.77. The molecule has 1 atom stereocenters. The summed E-state index contributed by atoms with van der Waals surface area (Å²) in [5.41, 5.74) is 0. The van der Waals surface area contributed by atoms with Gasteiger partial charge in [0, 0.05) is 12.8 Å². The fraction of sp³-hybridized carbons (Fsp3) is 0.745. The lowest BCUT2D eigenvalue weighted by Gasteiger charge is -2.18. The molecule has 0 saturated heterocycles. The average Bonchev–Trinajstić information content (AvgIpc) is 3.17. The summed E-state index contributed by atoms with van der Waals surface area (Å²) in [6.45, 7) is 3.52. The Balaban J connectivity index is 3.90. The van der Waals surface area contributed by atoms with Crippen LogP contribution in [-0.2, 0) is 28.2 Å². The Labute approximate surface area is 343 Å². The topological polar surface area (TPSA) is 119 Å². The van der Waals surface area contributed by atoms with Gasteiger partial charge in [-0.2, -0.15) is 0 Å². The first-order chi connectivity index (χ1) is 27.3. The van der Waals surface area contributed by atoms with Crippen molar-refractivity contribution in [2.24, 2.45) is 0 Å². The zero-order chi connectivity index (χ0) is 41.1. The third kappa shape index (κ3) is 44.5. The van der Waals surface area contributed by atoms with Gasteiger partial charge in [-0.05, 0) is 51.4 Å². The molecule has 0 rings (SSSR count). The summed E-state index contributed by atoms with van der Waals surface area (Å²) in [6.07, 6.45) is 53.9. The largest absolute Gasteiger partial charge is 0.469 e. The van der Waals surface area contributed by atoms with Crippen molar-refractivity contribution < 1.29 is 37.9 Å². The number of esters is 2. The second-order valence-electron chi connectivity index (χ2n) is 15.1. The molecular weight excluding hydrogens is 723 g/mol. The lowest BCUT2D eigenvalue weighted by atomic mass is 10.0. The first kappa shape index (κ1) is 53.8. The van der Waals surface area contributed by atoms with Crippen molar-refractivity contribution >= 4 is 19.8 Å². The van der Waals surface area contributed by atoms with E-state index in [0.29, 0.717) is 12.8 Å². The molecule has 0 amide bonds. The number of hydrogen-bond donors (Lipinski definition) is 2. The quantitative estimate of drug-likeness (QED) is 0.0206. The molecule has 56 heavy (non-hydrogen) atoms. The highest BCUT2D eigenvalue weighted by molar-refractivity contribution is 7.46. The van der Waals surface area contributed by atoms with Gasteiger partial charge >= 0.3 is 19.8 Å². The Morgan fingerprint density at radius 2 is 0.893 bits per heavy atom. The molecule has 0 fully saturated rings. The number of phosphoric ester groups is 1. The lowest BCUT2D eigenvalue weighted by molar-refractivity contribution is -0.161. The minimum absolute atomic E-state index is 0.157. The average molecular weight is 807 g/mol. The predicted molar refractivity (Wildman–Crippen MR) is 234 cm³/mol. The lowest BCUT2D eigenvalue weighted by Crippen LogP contribution is -2.29. The number of ether oxygens (including phenoxy) is 2. The van der Waals surface area contributed by atoms with Crippen molar-refractivity contribution in [3.05, 3.63) is 60.8 Å². The van der Waals surface area contributed by atoms with E-state index in [1.54, 1.807) is 0 Å². The maximum atomic E-state index is 12.4. The highest BCUT2D eigenvalue weighted by Crippen LogP contribution is 2.36. The fourth-order valence-corrected chi connectivity index (χ4v) is 6.63. The van der Waals surface area contributed by atoms with Gasteiger partial charge in [-0.1, -0.05) is 203 Å². The van der Waals surface area contributed by atoms with Crippen LogP contribution in [0.25, 0.3) is 0 Å². The second-order valence-corrected chi connectivity index (χ2v) is 16.3. The number of allylic oxidation sites excluding steroid dienone is 10. The van der Waals surface area contributed by atoms with Crippen LogP contribution in [0, 0.1) is 0 Å². The van der Waals surface area contributed by atoms with Crippen LogP contribution in [0.1, 0.15) is 206 Å². The van der Waals surface area contributed by atoms with Crippen molar-refractivity contribution in [1.29, 1.82) is 0 Å². The van der Waals surface area contributed by atoms with Gasteiger partial charge in [-0.15, -0.1) is 0 Å². The van der Waals surface area contributed by atoms with Crippen LogP contribution in [0.3, 0.4) is 0 Å². The zero-order valence-electron chi connectivity index (χ0n) is 35.8. The van der Waals surface area contributed by atoms with Crippen molar-refractivity contribution in [3.8, 4) is 0 Å². The molecule has 0 bridgehead atoms. The van der Waals surface area contributed by atoms with Crippen LogP contribution < -0.4 is 0 Å². The fourth-order valence-electron chi connectivity index (χ4n) is 6.27. The van der Waals surface area contributed by atoms with Crippen LogP contribution >= 0.6 is 7.82 Å². The third-order valence-corrected chi connectivity index (χ3v) is 10.1. The van der Waals surface area contributed by atoms with E-state index >= 15 is 0 Å². The smallest absolute Gasteiger partial charge is 0.462 e. The molecule has 9 heteroatoms. The second kappa shape index (κ2) is 42.4. The monoisotopic (exact) mass is 807 g/mol. The molecule has 0 saturated carbocycles. The summed E-state index contributed by atoms with van der Waals surface area (Å²) in [5, 5.41) is 0. The van der Waals surface area contributed by atoms with Gasteiger partial charge in [0.1, 0.15) is 6.61 Å². The SMILES string of the molecule is CC/C=C/C=C/C=C/C=C/CCCCCCCC(=O)OC[C@H](COP(=O)(O)O)OC(=O)CCC/C=C/CCCCCCCCCCCCCCCCCCCC. The van der Waals surface area contributed by atoms with Crippen molar-refractivity contribution in [2.75, 3.05) is 13.2 Å². The van der Waals surface area contributed by atoms with Gasteiger partial charge in [0.2, 0.25) is 0 Å². The highest BCUT2D eigenvalue weighted by Gasteiger charge is 2.22. The number of carbonyl (C=O) groups is 2. The maximum absolute atomic E-state index is 12.4. The molecular formula is C47H83O8P. The number of unbranched alkanes of at least 4 members (excludes halogenated alkanes) is 24. The van der Waals surface area contributed by atoms with Crippen molar-refractivity contribution in [1.82, 2.24) is 0 Å². The Bertz CT molecular complexity index is 1090. The Hall–Kier alpha value is -2.25. The summed E-state index contributed by atoms with van der Waals surface area (Å²) in [6, 6.07) is 0. The number of rotatable bonds is 41. The van der Waals surface area contributed by atoms with E-state index in [-0.39, 0.29) is 19.4 Å². The number of hydrogen-bond acceptors (Lipinski definition) is 6. The first-order valence-electron chi connectivity index (χ1n) is 22.6. The van der Waals surface area contributed by atoms with Crippen molar-refractivity contribution in [2.45, 2.75) is 213 Å². The van der Waals surface area contributed by atoms with Gasteiger partial charge in [0.15, 0.2) is 6.10 Å². The Morgan fingerprint density at radius 1 is 0.482 bits per heavy atom. The molecule has 8 nitrogen and oxygen atoms in total. The molecule has 0 aliphatic carbocycles. The molecule has 2 N–H and O–H groups in total. The summed E-state index contributed by atoms with van der Waals surface area (Å²) >= 11 is 0. The van der Waals surface area contributed by atoms with Crippen LogP contribution in [0.4, 0.5) is 0 Å². The van der Waals surface area contributed by atoms with Crippen molar-refractivity contribution in [3.63, 3.8) is 0 Å². The molecule has 0 aromatic rings.